The van der Waals surface area contributed by atoms with Crippen LogP contribution < -0.4 is 5.32 Å². The zero-order chi connectivity index (χ0) is 10.4. The van der Waals surface area contributed by atoms with E-state index in [1.54, 1.807) is 7.11 Å². The minimum Gasteiger partial charge on any atom is -0.481 e. The predicted octanol–water partition coefficient (Wildman–Crippen LogP) is 1.01. The van der Waals surface area contributed by atoms with Crippen molar-refractivity contribution in [3.05, 3.63) is 0 Å². The molecule has 82 valence electrons. The monoisotopic (exact) mass is 201 g/mol. The molecule has 1 rings (SSSR count). The Bertz CT molecular complexity index is 176. The van der Waals surface area contributed by atoms with Crippen LogP contribution in [0.5, 0.6) is 0 Å². The molecule has 0 spiro atoms. The van der Waals surface area contributed by atoms with Crippen molar-refractivity contribution in [3.63, 3.8) is 0 Å². The van der Waals surface area contributed by atoms with Crippen LogP contribution in [-0.2, 0) is 9.53 Å². The van der Waals surface area contributed by atoms with Crippen LogP contribution in [0.3, 0.4) is 0 Å². The van der Waals surface area contributed by atoms with Crippen molar-refractivity contribution in [2.45, 2.75) is 44.2 Å². The van der Waals surface area contributed by atoms with Gasteiger partial charge >= 0.3 is 5.97 Å². The standard InChI is InChI=1S/C10H19NO3/c1-14-9-4-2-8(3-5-9)11-7-6-10(12)13/h8-9,11H,2-7H2,1H3,(H,12,13). The molecule has 0 atom stereocenters. The smallest absolute Gasteiger partial charge is 0.304 e. The molecule has 2 N–H and O–H groups in total. The van der Waals surface area contributed by atoms with Crippen LogP contribution in [0.2, 0.25) is 0 Å². The number of carboxylic acids is 1. The Kier molecular flexibility index (Phi) is 4.90. The number of carbonyl (C=O) groups is 1. The Morgan fingerprint density at radius 3 is 2.57 bits per heavy atom. The van der Waals surface area contributed by atoms with Crippen LogP contribution in [0.15, 0.2) is 0 Å². The fourth-order valence-electron chi connectivity index (χ4n) is 1.89. The number of rotatable bonds is 5. The summed E-state index contributed by atoms with van der Waals surface area (Å²) in [4.78, 5) is 10.3. The largest absolute Gasteiger partial charge is 0.481 e. The van der Waals surface area contributed by atoms with E-state index < -0.39 is 5.97 Å². The fraction of sp³-hybridized carbons (Fsp3) is 0.900. The predicted molar refractivity (Wildman–Crippen MR) is 53.3 cm³/mol. The average Bonchev–Trinajstić information content (AvgIpc) is 2.18. The number of hydrogen-bond donors (Lipinski definition) is 2. The van der Waals surface area contributed by atoms with Gasteiger partial charge in [-0.05, 0) is 25.7 Å². The Labute approximate surface area is 84.6 Å². The Morgan fingerprint density at radius 1 is 1.43 bits per heavy atom. The molecule has 0 aromatic rings. The highest BCUT2D eigenvalue weighted by Crippen LogP contribution is 2.20. The van der Waals surface area contributed by atoms with Gasteiger partial charge in [-0.15, -0.1) is 0 Å². The van der Waals surface area contributed by atoms with Gasteiger partial charge in [0.25, 0.3) is 0 Å². The summed E-state index contributed by atoms with van der Waals surface area (Å²) in [7, 11) is 1.75. The van der Waals surface area contributed by atoms with Crippen molar-refractivity contribution in [2.75, 3.05) is 13.7 Å². The maximum Gasteiger partial charge on any atom is 0.304 e. The molecular formula is C10H19NO3. The third kappa shape index (κ3) is 4.07. The maximum absolute atomic E-state index is 10.3. The van der Waals surface area contributed by atoms with Crippen LogP contribution in [0, 0.1) is 0 Å². The normalized spacial score (nSPS) is 27.5. The van der Waals surface area contributed by atoms with Crippen LogP contribution in [0.4, 0.5) is 0 Å². The van der Waals surface area contributed by atoms with E-state index in [-0.39, 0.29) is 6.42 Å². The number of methoxy groups -OCH3 is 1. The van der Waals surface area contributed by atoms with E-state index in [4.69, 9.17) is 9.84 Å². The molecule has 1 aliphatic rings. The summed E-state index contributed by atoms with van der Waals surface area (Å²) in [6.07, 6.45) is 4.98. The lowest BCUT2D eigenvalue weighted by molar-refractivity contribution is -0.136. The summed E-state index contributed by atoms with van der Waals surface area (Å²) in [6.45, 7) is 0.581. The lowest BCUT2D eigenvalue weighted by Gasteiger charge is -2.28. The summed E-state index contributed by atoms with van der Waals surface area (Å²) in [5, 5.41) is 11.7. The molecule has 4 heteroatoms. The molecule has 0 unspecified atom stereocenters. The summed E-state index contributed by atoms with van der Waals surface area (Å²) in [5.41, 5.74) is 0. The fourth-order valence-corrected chi connectivity index (χ4v) is 1.89. The van der Waals surface area contributed by atoms with Crippen LogP contribution in [0.1, 0.15) is 32.1 Å². The van der Waals surface area contributed by atoms with Gasteiger partial charge in [-0.25, -0.2) is 0 Å². The second-order valence-corrected chi connectivity index (χ2v) is 3.81. The molecule has 1 fully saturated rings. The van der Waals surface area contributed by atoms with Gasteiger partial charge in [-0.1, -0.05) is 0 Å². The maximum atomic E-state index is 10.3. The average molecular weight is 201 g/mol. The zero-order valence-corrected chi connectivity index (χ0v) is 8.66. The first-order valence-electron chi connectivity index (χ1n) is 5.20. The molecule has 1 saturated carbocycles. The molecule has 0 aliphatic heterocycles. The first kappa shape index (κ1) is 11.5. The molecule has 0 radical (unpaired) electrons. The quantitative estimate of drug-likeness (QED) is 0.697. The van der Waals surface area contributed by atoms with Gasteiger partial charge in [0.15, 0.2) is 0 Å². The number of aliphatic carboxylic acids is 1. The van der Waals surface area contributed by atoms with Crippen LogP contribution >= 0.6 is 0 Å². The number of hydrogen-bond acceptors (Lipinski definition) is 3. The number of nitrogens with one attached hydrogen (secondary N) is 1. The van der Waals surface area contributed by atoms with E-state index in [1.165, 1.54) is 0 Å². The van der Waals surface area contributed by atoms with Crippen molar-refractivity contribution < 1.29 is 14.6 Å². The molecule has 0 saturated heterocycles. The topological polar surface area (TPSA) is 58.6 Å². The van der Waals surface area contributed by atoms with E-state index in [2.05, 4.69) is 5.32 Å². The molecule has 0 bridgehead atoms. The lowest BCUT2D eigenvalue weighted by Crippen LogP contribution is -2.36. The van der Waals surface area contributed by atoms with Gasteiger partial charge in [0.05, 0.1) is 12.5 Å². The second kappa shape index (κ2) is 5.98. The molecule has 0 aromatic carbocycles. The number of carboxylic acid groups (broad SMARTS) is 1. The SMILES string of the molecule is COC1CCC(NCCC(=O)O)CC1. The molecule has 4 nitrogen and oxygen atoms in total. The van der Waals surface area contributed by atoms with Crippen molar-refractivity contribution in [1.29, 1.82) is 0 Å². The van der Waals surface area contributed by atoms with Gasteiger partial charge in [0.1, 0.15) is 0 Å². The Balaban J connectivity index is 2.07. The lowest BCUT2D eigenvalue weighted by atomic mass is 9.93. The van der Waals surface area contributed by atoms with Crippen molar-refractivity contribution in [1.82, 2.24) is 5.32 Å². The molecule has 14 heavy (non-hydrogen) atoms. The highest BCUT2D eigenvalue weighted by Gasteiger charge is 2.19. The summed E-state index contributed by atoms with van der Waals surface area (Å²) < 4.78 is 5.26. The van der Waals surface area contributed by atoms with Gasteiger partial charge in [-0.2, -0.15) is 0 Å². The summed E-state index contributed by atoms with van der Waals surface area (Å²) >= 11 is 0. The van der Waals surface area contributed by atoms with E-state index in [1.807, 2.05) is 0 Å². The molecule has 0 amide bonds. The molecular weight excluding hydrogens is 182 g/mol. The zero-order valence-electron chi connectivity index (χ0n) is 8.66. The van der Waals surface area contributed by atoms with Gasteiger partial charge in [-0.3, -0.25) is 4.79 Å². The van der Waals surface area contributed by atoms with Crippen molar-refractivity contribution in [2.24, 2.45) is 0 Å². The number of ether oxygens (including phenoxy) is 1. The Morgan fingerprint density at radius 2 is 2.07 bits per heavy atom. The van der Waals surface area contributed by atoms with E-state index in [9.17, 15) is 4.79 Å². The second-order valence-electron chi connectivity index (χ2n) is 3.81. The summed E-state index contributed by atoms with van der Waals surface area (Å²) in [6, 6.07) is 0.487. The van der Waals surface area contributed by atoms with E-state index in [0.29, 0.717) is 18.7 Å². The van der Waals surface area contributed by atoms with Crippen molar-refractivity contribution in [3.8, 4) is 0 Å². The highest BCUT2D eigenvalue weighted by atomic mass is 16.5. The van der Waals surface area contributed by atoms with Gasteiger partial charge in [0.2, 0.25) is 0 Å². The summed E-state index contributed by atoms with van der Waals surface area (Å²) in [5.74, 6) is -0.733. The highest BCUT2D eigenvalue weighted by molar-refractivity contribution is 5.66. The van der Waals surface area contributed by atoms with Gasteiger partial charge < -0.3 is 15.2 Å². The minimum atomic E-state index is -0.733. The van der Waals surface area contributed by atoms with E-state index >= 15 is 0 Å². The first-order valence-corrected chi connectivity index (χ1v) is 5.20. The van der Waals surface area contributed by atoms with Gasteiger partial charge in [0, 0.05) is 19.7 Å². The Hall–Kier alpha value is -0.610. The molecule has 0 heterocycles. The third-order valence-electron chi connectivity index (χ3n) is 2.78. The van der Waals surface area contributed by atoms with Crippen LogP contribution in [-0.4, -0.2) is 36.9 Å². The van der Waals surface area contributed by atoms with Crippen molar-refractivity contribution >= 4 is 5.97 Å². The third-order valence-corrected chi connectivity index (χ3v) is 2.78. The molecule has 1 aliphatic carbocycles. The van der Waals surface area contributed by atoms with Crippen LogP contribution in [0.25, 0.3) is 0 Å². The minimum absolute atomic E-state index is 0.213. The molecule has 0 aromatic heterocycles. The first-order chi connectivity index (χ1) is 6.72. The van der Waals surface area contributed by atoms with E-state index in [0.717, 1.165) is 25.7 Å².